The number of carbonyl (C=O) groups is 3. The molecule has 3 N–H and O–H groups in total. The van der Waals surface area contributed by atoms with E-state index in [0.29, 0.717) is 12.1 Å². The fourth-order valence-electron chi connectivity index (χ4n) is 3.41. The highest BCUT2D eigenvalue weighted by Crippen LogP contribution is 2.19. The van der Waals surface area contributed by atoms with Gasteiger partial charge in [-0.1, -0.05) is 52.0 Å². The number of anilines is 1. The molecule has 8 nitrogen and oxygen atoms in total. The number of nitrogens with one attached hydrogen (secondary N) is 2. The first-order chi connectivity index (χ1) is 15.7. The highest BCUT2D eigenvalue weighted by Gasteiger charge is 2.37. The molecular weight excluding hydrogens is 434 g/mol. The molecule has 0 heterocycles. The Bertz CT molecular complexity index is 817. The first-order valence-corrected chi connectivity index (χ1v) is 11.7. The van der Waals surface area contributed by atoms with Crippen molar-refractivity contribution in [1.29, 1.82) is 0 Å². The maximum atomic E-state index is 13.5. The van der Waals surface area contributed by atoms with E-state index in [9.17, 15) is 19.5 Å². The van der Waals surface area contributed by atoms with Crippen LogP contribution in [0, 0.1) is 11.8 Å². The van der Waals surface area contributed by atoms with Gasteiger partial charge in [0, 0.05) is 5.69 Å². The molecule has 34 heavy (non-hydrogen) atoms. The summed E-state index contributed by atoms with van der Waals surface area (Å²) in [5, 5.41) is 15.8. The Hall–Kier alpha value is -2.87. The molecule has 1 aromatic carbocycles. The summed E-state index contributed by atoms with van der Waals surface area (Å²) in [7, 11) is 0. The van der Waals surface area contributed by atoms with Crippen molar-refractivity contribution < 1.29 is 24.2 Å². The molecule has 0 bridgehead atoms. The lowest BCUT2D eigenvalue weighted by Gasteiger charge is -2.36. The number of para-hydroxylation sites is 1. The minimum Gasteiger partial charge on any atom is -0.444 e. The van der Waals surface area contributed by atoms with Gasteiger partial charge < -0.3 is 20.5 Å². The molecular formula is C26H41N3O5. The van der Waals surface area contributed by atoms with E-state index in [4.69, 9.17) is 4.74 Å². The van der Waals surface area contributed by atoms with Gasteiger partial charge in [-0.15, -0.1) is 6.58 Å². The third-order valence-electron chi connectivity index (χ3n) is 4.90. The Labute approximate surface area is 203 Å². The molecule has 0 aliphatic rings. The molecule has 1 rings (SSSR count). The van der Waals surface area contributed by atoms with Crippen LogP contribution in [0.15, 0.2) is 43.0 Å². The molecule has 0 fully saturated rings. The second-order valence-electron chi connectivity index (χ2n) is 10.2. The lowest BCUT2D eigenvalue weighted by Crippen LogP contribution is -2.58. The largest absolute Gasteiger partial charge is 0.444 e. The summed E-state index contributed by atoms with van der Waals surface area (Å²) in [5.74, 6) is -1.02. The van der Waals surface area contributed by atoms with Crippen LogP contribution in [0.4, 0.5) is 10.5 Å². The first-order valence-electron chi connectivity index (χ1n) is 11.7. The topological polar surface area (TPSA) is 108 Å². The smallest absolute Gasteiger partial charge is 0.411 e. The molecule has 0 aromatic heterocycles. The van der Waals surface area contributed by atoms with Crippen molar-refractivity contribution in [3.8, 4) is 0 Å². The quantitative estimate of drug-likeness (QED) is 0.420. The van der Waals surface area contributed by atoms with E-state index in [1.807, 2.05) is 32.0 Å². The summed E-state index contributed by atoms with van der Waals surface area (Å²) >= 11 is 0. The van der Waals surface area contributed by atoms with E-state index in [2.05, 4.69) is 17.2 Å². The number of hydrogen-bond donors (Lipinski definition) is 3. The van der Waals surface area contributed by atoms with Gasteiger partial charge in [-0.05, 0) is 51.2 Å². The number of ether oxygens (including phenoxy) is 1. The molecule has 8 heteroatoms. The van der Waals surface area contributed by atoms with Gasteiger partial charge in [0.1, 0.15) is 17.7 Å². The summed E-state index contributed by atoms with van der Waals surface area (Å²) in [6.07, 6.45) is -0.0656. The fourth-order valence-corrected chi connectivity index (χ4v) is 3.41. The Morgan fingerprint density at radius 3 is 2.15 bits per heavy atom. The Balaban J connectivity index is 3.20. The molecule has 3 atom stereocenters. The van der Waals surface area contributed by atoms with Gasteiger partial charge in [0.25, 0.3) is 0 Å². The van der Waals surface area contributed by atoms with Crippen molar-refractivity contribution in [2.24, 2.45) is 11.8 Å². The summed E-state index contributed by atoms with van der Waals surface area (Å²) < 4.78 is 5.50. The monoisotopic (exact) mass is 475 g/mol. The van der Waals surface area contributed by atoms with Crippen LogP contribution >= 0.6 is 0 Å². The molecule has 0 aliphatic carbocycles. The van der Waals surface area contributed by atoms with Gasteiger partial charge >= 0.3 is 6.09 Å². The SMILES string of the molecule is C=C[C@@H](O)CN(C(=O)OC(C)(C)C)[C@H](C(=O)N[C@H](CC(C)C)C(=O)Nc1ccccc1)C(C)C. The maximum Gasteiger partial charge on any atom is 0.411 e. The molecule has 0 saturated carbocycles. The van der Waals surface area contributed by atoms with E-state index >= 15 is 0 Å². The van der Waals surface area contributed by atoms with E-state index in [0.717, 1.165) is 0 Å². The second kappa shape index (κ2) is 13.1. The van der Waals surface area contributed by atoms with Crippen LogP contribution in [-0.2, 0) is 14.3 Å². The van der Waals surface area contributed by atoms with Gasteiger partial charge in [0.15, 0.2) is 0 Å². The number of nitrogens with zero attached hydrogens (tertiary/aromatic N) is 1. The van der Waals surface area contributed by atoms with Gasteiger partial charge in [-0.25, -0.2) is 4.79 Å². The lowest BCUT2D eigenvalue weighted by atomic mass is 9.98. The third-order valence-corrected chi connectivity index (χ3v) is 4.90. The molecule has 0 radical (unpaired) electrons. The highest BCUT2D eigenvalue weighted by molar-refractivity contribution is 5.98. The summed E-state index contributed by atoms with van der Waals surface area (Å²) in [6.45, 7) is 16.1. The number of carbonyl (C=O) groups excluding carboxylic acids is 3. The van der Waals surface area contributed by atoms with Crippen LogP contribution < -0.4 is 10.6 Å². The molecule has 1 aromatic rings. The Morgan fingerprint density at radius 2 is 1.68 bits per heavy atom. The third kappa shape index (κ3) is 9.95. The molecule has 190 valence electrons. The maximum absolute atomic E-state index is 13.5. The van der Waals surface area contributed by atoms with Crippen molar-refractivity contribution >= 4 is 23.6 Å². The van der Waals surface area contributed by atoms with E-state index in [1.165, 1.54) is 11.0 Å². The number of rotatable bonds is 11. The number of hydrogen-bond acceptors (Lipinski definition) is 5. The average Bonchev–Trinajstić information content (AvgIpc) is 2.71. The minimum absolute atomic E-state index is 0.133. The standard InChI is InChI=1S/C26H41N3O5/c1-9-20(30)16-29(25(33)34-26(6,7)8)22(18(4)5)24(32)28-21(15-17(2)3)23(31)27-19-13-11-10-12-14-19/h9-14,17-18,20-22,30H,1,15-16H2,2-8H3,(H,27,31)(H,28,32)/t20-,21-,22+/m1/s1. The van der Waals surface area contributed by atoms with Crippen LogP contribution in [0.5, 0.6) is 0 Å². The zero-order valence-corrected chi connectivity index (χ0v) is 21.5. The normalized spacial score (nSPS) is 14.2. The van der Waals surface area contributed by atoms with Gasteiger partial charge in [0.05, 0.1) is 12.6 Å². The van der Waals surface area contributed by atoms with Crippen LogP contribution in [0.3, 0.4) is 0 Å². The summed E-state index contributed by atoms with van der Waals surface area (Å²) in [4.78, 5) is 40.7. The minimum atomic E-state index is -1.05. The van der Waals surface area contributed by atoms with Crippen molar-refractivity contribution in [2.75, 3.05) is 11.9 Å². The number of benzene rings is 1. The second-order valence-corrected chi connectivity index (χ2v) is 10.2. The molecule has 0 aliphatic heterocycles. The van der Waals surface area contributed by atoms with Crippen LogP contribution in [0.2, 0.25) is 0 Å². The van der Waals surface area contributed by atoms with Crippen molar-refractivity contribution in [1.82, 2.24) is 10.2 Å². The van der Waals surface area contributed by atoms with Gasteiger partial charge in [0.2, 0.25) is 11.8 Å². The van der Waals surface area contributed by atoms with E-state index in [-0.39, 0.29) is 24.3 Å². The fraction of sp³-hybridized carbons (Fsp3) is 0.577. The van der Waals surface area contributed by atoms with E-state index < -0.39 is 35.8 Å². The molecule has 0 spiro atoms. The number of aliphatic hydroxyl groups is 1. The Kier molecular flexibility index (Phi) is 11.3. The molecule has 3 amide bonds. The predicted molar refractivity (Wildman–Crippen MR) is 134 cm³/mol. The first kappa shape index (κ1) is 29.2. The van der Waals surface area contributed by atoms with Crippen LogP contribution in [0.25, 0.3) is 0 Å². The average molecular weight is 476 g/mol. The van der Waals surface area contributed by atoms with Gasteiger partial charge in [-0.3, -0.25) is 14.5 Å². The van der Waals surface area contributed by atoms with Crippen molar-refractivity contribution in [2.45, 2.75) is 78.7 Å². The van der Waals surface area contributed by atoms with E-state index in [1.54, 1.807) is 46.8 Å². The number of amides is 3. The van der Waals surface area contributed by atoms with Gasteiger partial charge in [-0.2, -0.15) is 0 Å². The highest BCUT2D eigenvalue weighted by atomic mass is 16.6. The van der Waals surface area contributed by atoms with Crippen LogP contribution in [0.1, 0.15) is 54.9 Å². The summed E-state index contributed by atoms with van der Waals surface area (Å²) in [5.41, 5.74) is -0.164. The van der Waals surface area contributed by atoms with Crippen LogP contribution in [-0.4, -0.2) is 58.2 Å². The number of aliphatic hydroxyl groups excluding tert-OH is 1. The van der Waals surface area contributed by atoms with Crippen molar-refractivity contribution in [3.63, 3.8) is 0 Å². The Morgan fingerprint density at radius 1 is 1.09 bits per heavy atom. The zero-order chi connectivity index (χ0) is 26.1. The zero-order valence-electron chi connectivity index (χ0n) is 21.5. The molecule has 0 unspecified atom stereocenters. The lowest BCUT2D eigenvalue weighted by molar-refractivity contribution is -0.132. The predicted octanol–water partition coefficient (Wildman–Crippen LogP) is 3.96. The summed E-state index contributed by atoms with van der Waals surface area (Å²) in [6, 6.07) is 7.23. The molecule has 0 saturated heterocycles. The van der Waals surface area contributed by atoms with Crippen molar-refractivity contribution in [3.05, 3.63) is 43.0 Å².